The maximum Gasteiger partial charge on any atom is 0.255 e. The molecule has 1 heterocycles. The van der Waals surface area contributed by atoms with Crippen LogP contribution in [0.3, 0.4) is 0 Å². The summed E-state index contributed by atoms with van der Waals surface area (Å²) in [4.78, 5) is 26.3. The quantitative estimate of drug-likeness (QED) is 0.880. The Labute approximate surface area is 111 Å². The van der Waals surface area contributed by atoms with Crippen molar-refractivity contribution in [2.75, 3.05) is 6.54 Å². The lowest BCUT2D eigenvalue weighted by molar-refractivity contribution is 0.0953. The zero-order valence-electron chi connectivity index (χ0n) is 10.8. The van der Waals surface area contributed by atoms with E-state index in [-0.39, 0.29) is 11.5 Å². The fourth-order valence-electron chi connectivity index (χ4n) is 1.79. The second kappa shape index (κ2) is 6.00. The maximum atomic E-state index is 11.9. The normalized spacial score (nSPS) is 10.2. The minimum absolute atomic E-state index is 0.171. The van der Waals surface area contributed by atoms with E-state index < -0.39 is 0 Å². The molecule has 1 amide bonds. The van der Waals surface area contributed by atoms with Gasteiger partial charge in [-0.2, -0.15) is 0 Å². The molecular formula is C15H16N2O2. The van der Waals surface area contributed by atoms with Gasteiger partial charge in [-0.25, -0.2) is 0 Å². The number of aromatic amines is 1. The second-order valence-electron chi connectivity index (χ2n) is 4.25. The van der Waals surface area contributed by atoms with E-state index in [1.165, 1.54) is 6.20 Å². The van der Waals surface area contributed by atoms with Gasteiger partial charge in [0.1, 0.15) is 0 Å². The van der Waals surface area contributed by atoms with Gasteiger partial charge in [-0.15, -0.1) is 0 Å². The van der Waals surface area contributed by atoms with Crippen molar-refractivity contribution in [3.05, 3.63) is 58.5 Å². The van der Waals surface area contributed by atoms with E-state index in [0.717, 1.165) is 12.0 Å². The molecular weight excluding hydrogens is 240 g/mol. The Balaban J connectivity index is 2.35. The standard InChI is InChI=1S/C15H16N2O2/c1-2-8-16-14(18)12-9-13(15(19)17-10-12)11-6-4-3-5-7-11/h3-7,9-10H,2,8H2,1H3,(H,16,18)(H,17,19). The molecule has 4 heteroatoms. The number of nitrogens with one attached hydrogen (secondary N) is 2. The van der Waals surface area contributed by atoms with Gasteiger partial charge in [0.05, 0.1) is 5.56 Å². The first-order valence-electron chi connectivity index (χ1n) is 6.28. The van der Waals surface area contributed by atoms with Crippen LogP contribution in [0.1, 0.15) is 23.7 Å². The topological polar surface area (TPSA) is 62.0 Å². The summed E-state index contributed by atoms with van der Waals surface area (Å²) >= 11 is 0. The van der Waals surface area contributed by atoms with Gasteiger partial charge in [-0.3, -0.25) is 9.59 Å². The van der Waals surface area contributed by atoms with E-state index in [1.54, 1.807) is 6.07 Å². The van der Waals surface area contributed by atoms with Crippen LogP contribution in [0, 0.1) is 0 Å². The van der Waals surface area contributed by atoms with Crippen molar-refractivity contribution < 1.29 is 4.79 Å². The van der Waals surface area contributed by atoms with Gasteiger partial charge < -0.3 is 10.3 Å². The molecule has 0 saturated heterocycles. The average molecular weight is 256 g/mol. The molecule has 0 aliphatic carbocycles. The third kappa shape index (κ3) is 3.10. The highest BCUT2D eigenvalue weighted by molar-refractivity contribution is 5.95. The van der Waals surface area contributed by atoms with E-state index in [1.807, 2.05) is 37.3 Å². The number of carbonyl (C=O) groups is 1. The number of benzene rings is 1. The van der Waals surface area contributed by atoms with Gasteiger partial charge in [0, 0.05) is 18.3 Å². The summed E-state index contributed by atoms with van der Waals surface area (Å²) in [5, 5.41) is 2.79. The van der Waals surface area contributed by atoms with Crippen molar-refractivity contribution in [1.29, 1.82) is 0 Å². The summed E-state index contributed by atoms with van der Waals surface area (Å²) in [7, 11) is 0. The summed E-state index contributed by atoms with van der Waals surface area (Å²) in [6.07, 6.45) is 2.32. The molecule has 0 aliphatic rings. The molecule has 2 N–H and O–H groups in total. The summed E-state index contributed by atoms with van der Waals surface area (Å²) in [6.45, 7) is 2.61. The molecule has 0 spiro atoms. The molecule has 0 aliphatic heterocycles. The van der Waals surface area contributed by atoms with Gasteiger partial charge in [-0.05, 0) is 18.1 Å². The van der Waals surface area contributed by atoms with Crippen LogP contribution in [-0.4, -0.2) is 17.4 Å². The average Bonchev–Trinajstić information content (AvgIpc) is 2.46. The van der Waals surface area contributed by atoms with Crippen molar-refractivity contribution in [3.63, 3.8) is 0 Å². The molecule has 2 rings (SSSR count). The third-order valence-corrected chi connectivity index (χ3v) is 2.79. The number of pyridine rings is 1. The van der Waals surface area contributed by atoms with Gasteiger partial charge in [0.15, 0.2) is 0 Å². The molecule has 2 aromatic rings. The van der Waals surface area contributed by atoms with Crippen molar-refractivity contribution in [1.82, 2.24) is 10.3 Å². The van der Waals surface area contributed by atoms with Crippen molar-refractivity contribution in [2.45, 2.75) is 13.3 Å². The molecule has 0 radical (unpaired) electrons. The van der Waals surface area contributed by atoms with Gasteiger partial charge >= 0.3 is 0 Å². The lowest BCUT2D eigenvalue weighted by atomic mass is 10.1. The molecule has 0 fully saturated rings. The summed E-state index contributed by atoms with van der Waals surface area (Å²) < 4.78 is 0. The van der Waals surface area contributed by atoms with Crippen LogP contribution in [0.2, 0.25) is 0 Å². The van der Waals surface area contributed by atoms with Crippen LogP contribution in [-0.2, 0) is 0 Å². The van der Waals surface area contributed by atoms with Crippen LogP contribution >= 0.6 is 0 Å². The molecule has 0 unspecified atom stereocenters. The molecule has 19 heavy (non-hydrogen) atoms. The lowest BCUT2D eigenvalue weighted by Gasteiger charge is -2.05. The second-order valence-corrected chi connectivity index (χ2v) is 4.25. The Morgan fingerprint density at radius 1 is 1.26 bits per heavy atom. The molecule has 1 aromatic heterocycles. The van der Waals surface area contributed by atoms with E-state index >= 15 is 0 Å². The van der Waals surface area contributed by atoms with E-state index in [2.05, 4.69) is 10.3 Å². The summed E-state index contributed by atoms with van der Waals surface area (Å²) in [5.41, 5.74) is 1.57. The Morgan fingerprint density at radius 3 is 2.68 bits per heavy atom. The Bertz CT molecular complexity index is 618. The third-order valence-electron chi connectivity index (χ3n) is 2.79. The van der Waals surface area contributed by atoms with E-state index in [9.17, 15) is 9.59 Å². The Morgan fingerprint density at radius 2 is 2.00 bits per heavy atom. The predicted molar refractivity (Wildman–Crippen MR) is 75.1 cm³/mol. The number of rotatable bonds is 4. The highest BCUT2D eigenvalue weighted by Gasteiger charge is 2.09. The monoisotopic (exact) mass is 256 g/mol. The largest absolute Gasteiger partial charge is 0.352 e. The molecule has 0 bridgehead atoms. The van der Waals surface area contributed by atoms with Crippen molar-refractivity contribution in [3.8, 4) is 11.1 Å². The van der Waals surface area contributed by atoms with Gasteiger partial charge in [0.2, 0.25) is 0 Å². The minimum atomic E-state index is -0.196. The highest BCUT2D eigenvalue weighted by Crippen LogP contribution is 2.15. The van der Waals surface area contributed by atoms with Gasteiger partial charge in [0.25, 0.3) is 11.5 Å². The fourth-order valence-corrected chi connectivity index (χ4v) is 1.79. The fraction of sp³-hybridized carbons (Fsp3) is 0.200. The lowest BCUT2D eigenvalue weighted by Crippen LogP contribution is -2.25. The highest BCUT2D eigenvalue weighted by atomic mass is 16.1. The zero-order valence-corrected chi connectivity index (χ0v) is 10.8. The van der Waals surface area contributed by atoms with Crippen LogP contribution in [0.15, 0.2) is 47.4 Å². The number of H-pyrrole nitrogens is 1. The first-order valence-corrected chi connectivity index (χ1v) is 6.28. The number of hydrogen-bond donors (Lipinski definition) is 2. The van der Waals surface area contributed by atoms with E-state index in [0.29, 0.717) is 17.7 Å². The molecule has 4 nitrogen and oxygen atoms in total. The van der Waals surface area contributed by atoms with Crippen LogP contribution in [0.25, 0.3) is 11.1 Å². The van der Waals surface area contributed by atoms with Crippen molar-refractivity contribution >= 4 is 5.91 Å². The Hall–Kier alpha value is -2.36. The number of amides is 1. The first kappa shape index (κ1) is 13.1. The maximum absolute atomic E-state index is 11.9. The summed E-state index contributed by atoms with van der Waals surface area (Å²) in [5.74, 6) is -0.171. The number of aromatic nitrogens is 1. The minimum Gasteiger partial charge on any atom is -0.352 e. The number of carbonyl (C=O) groups excluding carboxylic acids is 1. The molecule has 1 aromatic carbocycles. The predicted octanol–water partition coefficient (Wildman–Crippen LogP) is 2.18. The summed E-state index contributed by atoms with van der Waals surface area (Å²) in [6, 6.07) is 10.9. The first-order chi connectivity index (χ1) is 9.22. The molecule has 0 atom stereocenters. The zero-order chi connectivity index (χ0) is 13.7. The SMILES string of the molecule is CCCNC(=O)c1c[nH]c(=O)c(-c2ccccc2)c1. The van der Waals surface area contributed by atoms with Crippen LogP contribution < -0.4 is 10.9 Å². The van der Waals surface area contributed by atoms with E-state index in [4.69, 9.17) is 0 Å². The molecule has 98 valence electrons. The van der Waals surface area contributed by atoms with Gasteiger partial charge in [-0.1, -0.05) is 37.3 Å². The van der Waals surface area contributed by atoms with Crippen LogP contribution in [0.4, 0.5) is 0 Å². The number of hydrogen-bond acceptors (Lipinski definition) is 2. The Kier molecular flexibility index (Phi) is 4.13. The molecule has 0 saturated carbocycles. The van der Waals surface area contributed by atoms with Crippen LogP contribution in [0.5, 0.6) is 0 Å². The van der Waals surface area contributed by atoms with Crippen molar-refractivity contribution in [2.24, 2.45) is 0 Å². The smallest absolute Gasteiger partial charge is 0.255 e.